The number of nitrogens with zero attached hydrogens (tertiary/aromatic N) is 2. The number of amides is 1. The van der Waals surface area contributed by atoms with Gasteiger partial charge in [-0.1, -0.05) is 37.3 Å². The third kappa shape index (κ3) is 6.07. The lowest BCUT2D eigenvalue weighted by atomic mass is 9.95. The van der Waals surface area contributed by atoms with Crippen molar-refractivity contribution in [1.29, 1.82) is 0 Å². The van der Waals surface area contributed by atoms with Crippen molar-refractivity contribution in [3.63, 3.8) is 0 Å². The number of nitrogens with one attached hydrogen (secondary N) is 1. The lowest BCUT2D eigenvalue weighted by molar-refractivity contribution is -0.120. The maximum Gasteiger partial charge on any atom is 0.230 e. The number of aromatic nitrogens is 1. The molecule has 3 rings (SSSR count). The predicted molar refractivity (Wildman–Crippen MR) is 113 cm³/mol. The summed E-state index contributed by atoms with van der Waals surface area (Å²) in [6, 6.07) is 13.1. The highest BCUT2D eigenvalue weighted by atomic mass is 35.5. The van der Waals surface area contributed by atoms with Crippen molar-refractivity contribution in [2.24, 2.45) is 11.7 Å². The zero-order valence-corrected chi connectivity index (χ0v) is 16.8. The second kappa shape index (κ2) is 11.1. The van der Waals surface area contributed by atoms with Gasteiger partial charge < -0.3 is 20.7 Å². The van der Waals surface area contributed by atoms with Crippen LogP contribution in [0.2, 0.25) is 0 Å². The van der Waals surface area contributed by atoms with Crippen molar-refractivity contribution in [2.75, 3.05) is 36.5 Å². The van der Waals surface area contributed by atoms with Crippen LogP contribution in [0, 0.1) is 5.92 Å². The molecule has 0 radical (unpaired) electrons. The highest BCUT2D eigenvalue weighted by Crippen LogP contribution is 2.21. The van der Waals surface area contributed by atoms with Gasteiger partial charge in [-0.3, -0.25) is 4.79 Å². The Hall–Kier alpha value is -1.86. The van der Waals surface area contributed by atoms with Crippen LogP contribution in [0.1, 0.15) is 18.5 Å². The molecule has 148 valence electrons. The van der Waals surface area contributed by atoms with Crippen molar-refractivity contribution in [2.45, 2.75) is 13.0 Å². The Balaban J connectivity index is 0.00000182. The van der Waals surface area contributed by atoms with E-state index in [1.165, 1.54) is 0 Å². The van der Waals surface area contributed by atoms with Gasteiger partial charge in [0.05, 0.1) is 31.0 Å². The van der Waals surface area contributed by atoms with Gasteiger partial charge in [0.25, 0.3) is 0 Å². The highest BCUT2D eigenvalue weighted by molar-refractivity contribution is 5.92. The number of carbonyl (C=O) groups is 1. The van der Waals surface area contributed by atoms with Crippen LogP contribution in [-0.2, 0) is 9.53 Å². The molecule has 1 aliphatic heterocycles. The van der Waals surface area contributed by atoms with Crippen LogP contribution in [-0.4, -0.2) is 37.2 Å². The first-order valence-electron chi connectivity index (χ1n) is 8.55. The third-order valence-corrected chi connectivity index (χ3v) is 4.51. The van der Waals surface area contributed by atoms with E-state index in [-0.39, 0.29) is 42.7 Å². The first kappa shape index (κ1) is 23.2. The molecule has 1 aromatic carbocycles. The number of hydrogen-bond donors (Lipinski definition) is 2. The summed E-state index contributed by atoms with van der Waals surface area (Å²) in [6.07, 6.45) is 1.78. The van der Waals surface area contributed by atoms with E-state index in [1.54, 1.807) is 6.20 Å². The monoisotopic (exact) mass is 412 g/mol. The molecule has 1 saturated heterocycles. The summed E-state index contributed by atoms with van der Waals surface area (Å²) in [4.78, 5) is 19.0. The van der Waals surface area contributed by atoms with E-state index in [2.05, 4.69) is 15.2 Å². The molecule has 27 heavy (non-hydrogen) atoms. The number of nitrogens with two attached hydrogens (primary N) is 1. The molecule has 0 spiro atoms. The molecule has 0 saturated carbocycles. The minimum absolute atomic E-state index is 0. The molecule has 2 unspecified atom stereocenters. The molecular weight excluding hydrogens is 387 g/mol. The minimum Gasteiger partial charge on any atom is -0.378 e. The van der Waals surface area contributed by atoms with Crippen molar-refractivity contribution in [3.8, 4) is 0 Å². The Morgan fingerprint density at radius 1 is 1.15 bits per heavy atom. The van der Waals surface area contributed by atoms with Crippen LogP contribution < -0.4 is 16.0 Å². The first-order valence-corrected chi connectivity index (χ1v) is 8.55. The third-order valence-electron chi connectivity index (χ3n) is 4.51. The molecule has 6 nitrogen and oxygen atoms in total. The Labute approximate surface area is 172 Å². The van der Waals surface area contributed by atoms with Gasteiger partial charge in [0, 0.05) is 19.1 Å². The molecule has 1 aliphatic rings. The summed E-state index contributed by atoms with van der Waals surface area (Å²) in [5.41, 5.74) is 8.20. The average molecular weight is 413 g/mol. The maximum atomic E-state index is 12.5. The lowest BCUT2D eigenvalue weighted by Crippen LogP contribution is -2.36. The van der Waals surface area contributed by atoms with E-state index in [9.17, 15) is 4.79 Å². The molecule has 2 aromatic rings. The zero-order chi connectivity index (χ0) is 17.6. The molecule has 3 N–H and O–H groups in total. The molecule has 0 aliphatic carbocycles. The molecule has 1 amide bonds. The van der Waals surface area contributed by atoms with Gasteiger partial charge in [-0.15, -0.1) is 24.8 Å². The van der Waals surface area contributed by atoms with Gasteiger partial charge in [-0.05, 0) is 17.7 Å². The lowest BCUT2D eigenvalue weighted by Gasteiger charge is -2.28. The number of hydrogen-bond acceptors (Lipinski definition) is 5. The van der Waals surface area contributed by atoms with Crippen LogP contribution >= 0.6 is 24.8 Å². The van der Waals surface area contributed by atoms with Gasteiger partial charge in [-0.25, -0.2) is 4.98 Å². The van der Waals surface area contributed by atoms with Crippen molar-refractivity contribution >= 4 is 42.2 Å². The fraction of sp³-hybridized carbons (Fsp3) is 0.368. The van der Waals surface area contributed by atoms with Crippen molar-refractivity contribution < 1.29 is 9.53 Å². The number of carbonyl (C=O) groups excluding carboxylic acids is 1. The number of halogens is 2. The predicted octanol–water partition coefficient (Wildman–Crippen LogP) is 3.04. The Morgan fingerprint density at radius 3 is 2.41 bits per heavy atom. The second-order valence-corrected chi connectivity index (χ2v) is 6.22. The highest BCUT2D eigenvalue weighted by Gasteiger charge is 2.22. The Bertz CT molecular complexity index is 695. The SMILES string of the molecule is CC(C(=O)Nc1ccc(N2CCOCC2)cn1)C(N)c1ccccc1.Cl.Cl. The first-order chi connectivity index (χ1) is 12.1. The quantitative estimate of drug-likeness (QED) is 0.788. The minimum atomic E-state index is -0.358. The molecule has 1 aromatic heterocycles. The summed E-state index contributed by atoms with van der Waals surface area (Å²) in [5, 5.41) is 2.85. The second-order valence-electron chi connectivity index (χ2n) is 6.22. The van der Waals surface area contributed by atoms with Gasteiger partial charge in [-0.2, -0.15) is 0 Å². The van der Waals surface area contributed by atoms with Crippen LogP contribution in [0.4, 0.5) is 11.5 Å². The van der Waals surface area contributed by atoms with E-state index >= 15 is 0 Å². The fourth-order valence-electron chi connectivity index (χ4n) is 2.84. The Morgan fingerprint density at radius 2 is 1.81 bits per heavy atom. The smallest absolute Gasteiger partial charge is 0.230 e. The van der Waals surface area contributed by atoms with Gasteiger partial charge in [0.1, 0.15) is 5.82 Å². The van der Waals surface area contributed by atoms with Crippen molar-refractivity contribution in [3.05, 3.63) is 54.2 Å². The molecule has 0 bridgehead atoms. The van der Waals surface area contributed by atoms with Gasteiger partial charge in [0.2, 0.25) is 5.91 Å². The molecule has 2 heterocycles. The van der Waals surface area contributed by atoms with E-state index in [0.29, 0.717) is 5.82 Å². The summed E-state index contributed by atoms with van der Waals surface area (Å²) in [5.74, 6) is 0.0419. The zero-order valence-electron chi connectivity index (χ0n) is 15.2. The van der Waals surface area contributed by atoms with Crippen LogP contribution in [0.5, 0.6) is 0 Å². The normalized spacial score (nSPS) is 15.7. The summed E-state index contributed by atoms with van der Waals surface area (Å²) in [6.45, 7) is 5.00. The maximum absolute atomic E-state index is 12.5. The molecule has 8 heteroatoms. The summed E-state index contributed by atoms with van der Waals surface area (Å²) in [7, 11) is 0. The van der Waals surface area contributed by atoms with Gasteiger partial charge in [0.15, 0.2) is 0 Å². The van der Waals surface area contributed by atoms with Crippen molar-refractivity contribution in [1.82, 2.24) is 4.98 Å². The number of rotatable bonds is 5. The van der Waals surface area contributed by atoms with E-state index < -0.39 is 0 Å². The molecule has 1 fully saturated rings. The fourth-order valence-corrected chi connectivity index (χ4v) is 2.84. The number of ether oxygens (including phenoxy) is 1. The average Bonchev–Trinajstić information content (AvgIpc) is 2.68. The number of benzene rings is 1. The van der Waals surface area contributed by atoms with Crippen LogP contribution in [0.15, 0.2) is 48.7 Å². The number of pyridine rings is 1. The van der Waals surface area contributed by atoms with E-state index in [1.807, 2.05) is 49.4 Å². The Kier molecular flexibility index (Phi) is 9.52. The van der Waals surface area contributed by atoms with Gasteiger partial charge >= 0.3 is 0 Å². The van der Waals surface area contributed by atoms with Crippen LogP contribution in [0.3, 0.4) is 0 Å². The summed E-state index contributed by atoms with van der Waals surface area (Å²) < 4.78 is 5.35. The van der Waals surface area contributed by atoms with E-state index in [4.69, 9.17) is 10.5 Å². The largest absolute Gasteiger partial charge is 0.378 e. The topological polar surface area (TPSA) is 80.5 Å². The molecule has 2 atom stereocenters. The summed E-state index contributed by atoms with van der Waals surface area (Å²) >= 11 is 0. The van der Waals surface area contributed by atoms with E-state index in [0.717, 1.165) is 37.6 Å². The molecular formula is C19H26Cl2N4O2. The van der Waals surface area contributed by atoms with Crippen LogP contribution in [0.25, 0.3) is 0 Å². The number of anilines is 2. The standard InChI is InChI=1S/C19H24N4O2.2ClH/c1-14(18(20)15-5-3-2-4-6-15)19(24)22-17-8-7-16(13-21-17)23-9-11-25-12-10-23;;/h2-8,13-14,18H,9-12,20H2,1H3,(H,21,22,24);2*1H. The number of morpholine rings is 1.